The zero-order valence-electron chi connectivity index (χ0n) is 11.2. The maximum Gasteiger partial charge on any atom is 0.274 e. The first-order valence-electron chi connectivity index (χ1n) is 6.03. The standard InChI is InChI=1S/C15H16N2O2/c1-10-5-4-6-13(9-10)11(2)16-17-15(18)14-7-8-19-12(14)3/h4-9H,1-3H3,(H,17,18)/b16-11+. The molecule has 0 radical (unpaired) electrons. The van der Waals surface area contributed by atoms with E-state index in [0.717, 1.165) is 16.8 Å². The minimum absolute atomic E-state index is 0.266. The van der Waals surface area contributed by atoms with E-state index >= 15 is 0 Å². The lowest BCUT2D eigenvalue weighted by molar-refractivity contribution is 0.0953. The maximum atomic E-state index is 11.9. The van der Waals surface area contributed by atoms with Crippen LogP contribution in [-0.2, 0) is 0 Å². The Labute approximate surface area is 112 Å². The number of aryl methyl sites for hydroxylation is 2. The molecule has 0 bridgehead atoms. The fourth-order valence-corrected chi connectivity index (χ4v) is 1.75. The molecule has 0 aliphatic carbocycles. The molecule has 0 saturated carbocycles. The van der Waals surface area contributed by atoms with Crippen molar-refractivity contribution in [3.63, 3.8) is 0 Å². The second-order valence-corrected chi connectivity index (χ2v) is 4.40. The predicted molar refractivity (Wildman–Crippen MR) is 74.3 cm³/mol. The van der Waals surface area contributed by atoms with Crippen LogP contribution in [0.3, 0.4) is 0 Å². The van der Waals surface area contributed by atoms with E-state index in [0.29, 0.717) is 11.3 Å². The van der Waals surface area contributed by atoms with E-state index in [4.69, 9.17) is 4.42 Å². The van der Waals surface area contributed by atoms with Crippen LogP contribution in [-0.4, -0.2) is 11.6 Å². The Morgan fingerprint density at radius 2 is 2.05 bits per heavy atom. The van der Waals surface area contributed by atoms with Crippen LogP contribution in [0.25, 0.3) is 0 Å². The van der Waals surface area contributed by atoms with Gasteiger partial charge in [0.1, 0.15) is 5.76 Å². The predicted octanol–water partition coefficient (Wildman–Crippen LogP) is 3.05. The summed E-state index contributed by atoms with van der Waals surface area (Å²) in [5, 5.41) is 4.11. The van der Waals surface area contributed by atoms with Gasteiger partial charge < -0.3 is 4.42 Å². The molecule has 0 fully saturated rings. The third kappa shape index (κ3) is 3.10. The molecule has 2 rings (SSSR count). The molecule has 2 aromatic rings. The Balaban J connectivity index is 2.11. The van der Waals surface area contributed by atoms with Crippen LogP contribution < -0.4 is 5.43 Å². The molecule has 1 amide bonds. The van der Waals surface area contributed by atoms with E-state index in [9.17, 15) is 4.79 Å². The monoisotopic (exact) mass is 256 g/mol. The fraction of sp³-hybridized carbons (Fsp3) is 0.200. The summed E-state index contributed by atoms with van der Waals surface area (Å²) >= 11 is 0. The summed E-state index contributed by atoms with van der Waals surface area (Å²) in [5.74, 6) is 0.319. The van der Waals surface area contributed by atoms with Gasteiger partial charge in [-0.15, -0.1) is 0 Å². The zero-order valence-corrected chi connectivity index (χ0v) is 11.2. The molecule has 4 heteroatoms. The molecule has 0 aliphatic rings. The number of carbonyl (C=O) groups is 1. The van der Waals surface area contributed by atoms with Gasteiger partial charge in [-0.05, 0) is 32.4 Å². The van der Waals surface area contributed by atoms with E-state index in [1.54, 1.807) is 13.0 Å². The van der Waals surface area contributed by atoms with Gasteiger partial charge in [0.25, 0.3) is 5.91 Å². The summed E-state index contributed by atoms with van der Waals surface area (Å²) in [5.41, 5.74) is 5.94. The molecule has 0 spiro atoms. The van der Waals surface area contributed by atoms with E-state index in [2.05, 4.69) is 10.5 Å². The molecule has 19 heavy (non-hydrogen) atoms. The van der Waals surface area contributed by atoms with Crippen molar-refractivity contribution < 1.29 is 9.21 Å². The molecular formula is C15H16N2O2. The van der Waals surface area contributed by atoms with Crippen LogP contribution in [0.4, 0.5) is 0 Å². The number of hydrazone groups is 1. The quantitative estimate of drug-likeness (QED) is 0.677. The van der Waals surface area contributed by atoms with Crippen LogP contribution >= 0.6 is 0 Å². The van der Waals surface area contributed by atoms with Crippen molar-refractivity contribution in [3.05, 3.63) is 59.0 Å². The largest absolute Gasteiger partial charge is 0.469 e. The van der Waals surface area contributed by atoms with Crippen LogP contribution in [0.2, 0.25) is 0 Å². The Kier molecular flexibility index (Phi) is 3.80. The molecule has 1 aromatic heterocycles. The van der Waals surface area contributed by atoms with Crippen LogP contribution in [0, 0.1) is 13.8 Å². The molecule has 1 N–H and O–H groups in total. The van der Waals surface area contributed by atoms with Gasteiger partial charge in [-0.3, -0.25) is 4.79 Å². The van der Waals surface area contributed by atoms with E-state index in [1.807, 2.05) is 38.1 Å². The van der Waals surface area contributed by atoms with Gasteiger partial charge in [0.15, 0.2) is 0 Å². The molecular weight excluding hydrogens is 240 g/mol. The molecule has 0 saturated heterocycles. The summed E-state index contributed by atoms with van der Waals surface area (Å²) < 4.78 is 5.08. The highest BCUT2D eigenvalue weighted by Crippen LogP contribution is 2.09. The first-order valence-corrected chi connectivity index (χ1v) is 6.03. The average molecular weight is 256 g/mol. The highest BCUT2D eigenvalue weighted by molar-refractivity contribution is 6.01. The number of amides is 1. The van der Waals surface area contributed by atoms with Gasteiger partial charge in [0, 0.05) is 0 Å². The Morgan fingerprint density at radius 3 is 2.68 bits per heavy atom. The second-order valence-electron chi connectivity index (χ2n) is 4.40. The van der Waals surface area contributed by atoms with Crippen molar-refractivity contribution in [3.8, 4) is 0 Å². The van der Waals surface area contributed by atoms with Gasteiger partial charge >= 0.3 is 0 Å². The van der Waals surface area contributed by atoms with Gasteiger partial charge in [-0.1, -0.05) is 29.8 Å². The number of hydrogen-bond donors (Lipinski definition) is 1. The second kappa shape index (κ2) is 5.52. The fourth-order valence-electron chi connectivity index (χ4n) is 1.75. The summed E-state index contributed by atoms with van der Waals surface area (Å²) in [6.45, 7) is 5.62. The van der Waals surface area contributed by atoms with E-state index in [-0.39, 0.29) is 5.91 Å². The molecule has 0 atom stereocenters. The van der Waals surface area contributed by atoms with Gasteiger partial charge in [-0.2, -0.15) is 5.10 Å². The van der Waals surface area contributed by atoms with Crippen molar-refractivity contribution in [2.24, 2.45) is 5.10 Å². The summed E-state index contributed by atoms with van der Waals surface area (Å²) in [6, 6.07) is 9.59. The smallest absolute Gasteiger partial charge is 0.274 e. The third-order valence-electron chi connectivity index (χ3n) is 2.86. The lowest BCUT2D eigenvalue weighted by Gasteiger charge is -2.03. The third-order valence-corrected chi connectivity index (χ3v) is 2.86. The first-order chi connectivity index (χ1) is 9.08. The topological polar surface area (TPSA) is 54.6 Å². The zero-order chi connectivity index (χ0) is 13.8. The molecule has 0 aliphatic heterocycles. The Bertz CT molecular complexity index is 627. The average Bonchev–Trinajstić information content (AvgIpc) is 2.82. The summed E-state index contributed by atoms with van der Waals surface area (Å²) in [4.78, 5) is 11.9. The van der Waals surface area contributed by atoms with Gasteiger partial charge in [0.2, 0.25) is 0 Å². The maximum absolute atomic E-state index is 11.9. The highest BCUT2D eigenvalue weighted by Gasteiger charge is 2.10. The SMILES string of the molecule is C/C(=N\NC(=O)c1ccoc1C)c1cccc(C)c1. The van der Waals surface area contributed by atoms with Crippen LogP contribution in [0.15, 0.2) is 46.1 Å². The van der Waals surface area contributed by atoms with Crippen molar-refractivity contribution in [1.82, 2.24) is 5.43 Å². The molecule has 4 nitrogen and oxygen atoms in total. The first kappa shape index (κ1) is 13.1. The molecule has 0 unspecified atom stereocenters. The number of nitrogens with one attached hydrogen (secondary N) is 1. The molecule has 1 aromatic carbocycles. The minimum atomic E-state index is -0.266. The van der Waals surface area contributed by atoms with Crippen molar-refractivity contribution >= 4 is 11.6 Å². The lowest BCUT2D eigenvalue weighted by Crippen LogP contribution is -2.19. The number of rotatable bonds is 3. The van der Waals surface area contributed by atoms with Gasteiger partial charge in [0.05, 0.1) is 17.5 Å². The Hall–Kier alpha value is -2.36. The number of hydrogen-bond acceptors (Lipinski definition) is 3. The van der Waals surface area contributed by atoms with Crippen molar-refractivity contribution in [2.45, 2.75) is 20.8 Å². The van der Waals surface area contributed by atoms with E-state index < -0.39 is 0 Å². The lowest BCUT2D eigenvalue weighted by atomic mass is 10.1. The highest BCUT2D eigenvalue weighted by atomic mass is 16.3. The normalized spacial score (nSPS) is 11.4. The minimum Gasteiger partial charge on any atom is -0.469 e. The van der Waals surface area contributed by atoms with Crippen molar-refractivity contribution in [1.29, 1.82) is 0 Å². The van der Waals surface area contributed by atoms with E-state index in [1.165, 1.54) is 6.26 Å². The Morgan fingerprint density at radius 1 is 1.26 bits per heavy atom. The molecule has 1 heterocycles. The van der Waals surface area contributed by atoms with Crippen LogP contribution in [0.1, 0.15) is 34.2 Å². The number of benzene rings is 1. The summed E-state index contributed by atoms with van der Waals surface area (Å²) in [6.07, 6.45) is 1.49. The molecule has 98 valence electrons. The number of carbonyl (C=O) groups excluding carboxylic acids is 1. The van der Waals surface area contributed by atoms with Crippen LogP contribution in [0.5, 0.6) is 0 Å². The number of furan rings is 1. The van der Waals surface area contributed by atoms with Crippen molar-refractivity contribution in [2.75, 3.05) is 0 Å². The van der Waals surface area contributed by atoms with Gasteiger partial charge in [-0.25, -0.2) is 5.43 Å². The number of nitrogens with zero attached hydrogens (tertiary/aromatic N) is 1. The summed E-state index contributed by atoms with van der Waals surface area (Å²) in [7, 11) is 0.